The third-order valence-corrected chi connectivity index (χ3v) is 6.39. The second-order valence-corrected chi connectivity index (χ2v) is 8.54. The Morgan fingerprint density at radius 3 is 2.63 bits per heavy atom. The molecule has 0 aliphatic heterocycles. The number of carboxylic acid groups (broad SMARTS) is 1. The highest BCUT2D eigenvalue weighted by Crippen LogP contribution is 2.39. The Bertz CT molecular complexity index is 1130. The molecule has 0 bridgehead atoms. The molecule has 0 radical (unpaired) electrons. The van der Waals surface area contributed by atoms with Crippen LogP contribution in [0.15, 0.2) is 51.8 Å². The van der Waals surface area contributed by atoms with Gasteiger partial charge in [0.15, 0.2) is 0 Å². The van der Waals surface area contributed by atoms with Gasteiger partial charge in [-0.05, 0) is 54.7 Å². The van der Waals surface area contributed by atoms with Crippen molar-refractivity contribution in [3.05, 3.63) is 59.4 Å². The van der Waals surface area contributed by atoms with Gasteiger partial charge in [-0.15, -0.1) is 0 Å². The van der Waals surface area contributed by atoms with E-state index in [1.807, 2.05) is 0 Å². The fourth-order valence-corrected chi connectivity index (χ4v) is 4.70. The van der Waals surface area contributed by atoms with Gasteiger partial charge in [0.05, 0.1) is 10.9 Å². The van der Waals surface area contributed by atoms with Crippen molar-refractivity contribution in [1.29, 1.82) is 0 Å². The second kappa shape index (κ2) is 6.42. The highest BCUT2D eigenvalue weighted by molar-refractivity contribution is 7.92. The van der Waals surface area contributed by atoms with E-state index in [1.54, 1.807) is 18.2 Å². The van der Waals surface area contributed by atoms with Gasteiger partial charge in [-0.3, -0.25) is 4.72 Å². The molecule has 7 heteroatoms. The molecule has 0 unspecified atom stereocenters. The summed E-state index contributed by atoms with van der Waals surface area (Å²) in [5.74, 6) is 0.0110. The van der Waals surface area contributed by atoms with Gasteiger partial charge in [0.25, 0.3) is 10.0 Å². The van der Waals surface area contributed by atoms with Gasteiger partial charge in [-0.1, -0.05) is 19.1 Å². The first-order valence-corrected chi connectivity index (χ1v) is 10.2. The molecule has 0 amide bonds. The van der Waals surface area contributed by atoms with Gasteiger partial charge in [0.1, 0.15) is 11.3 Å². The third-order valence-electron chi connectivity index (χ3n) is 4.99. The predicted molar refractivity (Wildman–Crippen MR) is 99.1 cm³/mol. The van der Waals surface area contributed by atoms with Crippen molar-refractivity contribution in [2.75, 3.05) is 4.72 Å². The largest absolute Gasteiger partial charge is 0.545 e. The Labute approximate surface area is 156 Å². The van der Waals surface area contributed by atoms with Gasteiger partial charge in [0, 0.05) is 23.1 Å². The SMILES string of the molecule is C[C@H]1CCCc2oc3ccc(NS(=O)(=O)c4ccc(C(=O)[O-])cc4)cc3c21. The second-order valence-electron chi connectivity index (χ2n) is 6.86. The van der Waals surface area contributed by atoms with E-state index >= 15 is 0 Å². The minimum absolute atomic E-state index is 0.0183. The van der Waals surface area contributed by atoms with E-state index < -0.39 is 16.0 Å². The molecule has 4 rings (SSSR count). The zero-order valence-corrected chi connectivity index (χ0v) is 15.5. The number of aryl methyl sites for hydroxylation is 1. The van der Waals surface area contributed by atoms with Crippen LogP contribution in [-0.2, 0) is 16.4 Å². The van der Waals surface area contributed by atoms with Gasteiger partial charge in [-0.25, -0.2) is 8.42 Å². The van der Waals surface area contributed by atoms with E-state index in [-0.39, 0.29) is 10.5 Å². The Morgan fingerprint density at radius 2 is 1.93 bits per heavy atom. The van der Waals surface area contributed by atoms with E-state index in [0.29, 0.717) is 11.6 Å². The van der Waals surface area contributed by atoms with Crippen molar-refractivity contribution in [1.82, 2.24) is 0 Å². The Balaban J connectivity index is 1.68. The smallest absolute Gasteiger partial charge is 0.261 e. The van der Waals surface area contributed by atoms with Crippen LogP contribution in [0, 0.1) is 0 Å². The van der Waals surface area contributed by atoms with Crippen LogP contribution in [0.4, 0.5) is 5.69 Å². The first-order valence-electron chi connectivity index (χ1n) is 8.75. The van der Waals surface area contributed by atoms with Crippen LogP contribution >= 0.6 is 0 Å². The molecule has 1 N–H and O–H groups in total. The summed E-state index contributed by atoms with van der Waals surface area (Å²) in [6, 6.07) is 10.1. The van der Waals surface area contributed by atoms with E-state index in [1.165, 1.54) is 24.3 Å². The lowest BCUT2D eigenvalue weighted by Crippen LogP contribution is -2.22. The lowest BCUT2D eigenvalue weighted by molar-refractivity contribution is -0.255. The van der Waals surface area contributed by atoms with Gasteiger partial charge < -0.3 is 14.3 Å². The summed E-state index contributed by atoms with van der Waals surface area (Å²) in [6.45, 7) is 2.16. The maximum atomic E-state index is 12.6. The van der Waals surface area contributed by atoms with Gasteiger partial charge in [0.2, 0.25) is 0 Å². The predicted octanol–water partition coefficient (Wildman–Crippen LogP) is 3.04. The number of nitrogens with one attached hydrogen (secondary N) is 1. The van der Waals surface area contributed by atoms with E-state index in [2.05, 4.69) is 11.6 Å². The zero-order valence-electron chi connectivity index (χ0n) is 14.7. The van der Waals surface area contributed by atoms with E-state index in [0.717, 1.165) is 41.6 Å². The fourth-order valence-electron chi connectivity index (χ4n) is 3.65. The summed E-state index contributed by atoms with van der Waals surface area (Å²) in [5.41, 5.74) is 2.29. The highest BCUT2D eigenvalue weighted by atomic mass is 32.2. The van der Waals surface area contributed by atoms with Crippen molar-refractivity contribution in [3.63, 3.8) is 0 Å². The number of carbonyl (C=O) groups is 1. The van der Waals surface area contributed by atoms with Gasteiger partial charge >= 0.3 is 0 Å². The zero-order chi connectivity index (χ0) is 19.2. The summed E-state index contributed by atoms with van der Waals surface area (Å²) in [7, 11) is -3.84. The van der Waals surface area contributed by atoms with Crippen LogP contribution in [0.5, 0.6) is 0 Å². The number of hydrogen-bond acceptors (Lipinski definition) is 5. The molecule has 1 aromatic heterocycles. The number of fused-ring (bicyclic) bond motifs is 3. The maximum absolute atomic E-state index is 12.6. The van der Waals surface area contributed by atoms with Crippen molar-refractivity contribution >= 4 is 32.6 Å². The van der Waals surface area contributed by atoms with Crippen LogP contribution in [0.25, 0.3) is 11.0 Å². The normalized spacial score (nSPS) is 16.9. The average Bonchev–Trinajstić information content (AvgIpc) is 3.00. The van der Waals surface area contributed by atoms with Crippen LogP contribution in [0.1, 0.15) is 47.4 Å². The Morgan fingerprint density at radius 1 is 1.19 bits per heavy atom. The minimum atomic E-state index is -3.84. The number of furan rings is 1. The van der Waals surface area contributed by atoms with Crippen molar-refractivity contribution in [2.24, 2.45) is 0 Å². The number of carbonyl (C=O) groups excluding carboxylic acids is 1. The lowest BCUT2D eigenvalue weighted by Gasteiger charge is -2.17. The van der Waals surface area contributed by atoms with Crippen molar-refractivity contribution in [3.8, 4) is 0 Å². The molecule has 3 aromatic rings. The molecule has 0 spiro atoms. The van der Waals surface area contributed by atoms with Crippen LogP contribution in [-0.4, -0.2) is 14.4 Å². The van der Waals surface area contributed by atoms with Crippen LogP contribution in [0.2, 0.25) is 0 Å². The number of carboxylic acids is 1. The van der Waals surface area contributed by atoms with E-state index in [4.69, 9.17) is 4.42 Å². The molecule has 0 fully saturated rings. The highest BCUT2D eigenvalue weighted by Gasteiger charge is 2.24. The third kappa shape index (κ3) is 3.19. The topological polar surface area (TPSA) is 99.4 Å². The monoisotopic (exact) mass is 384 g/mol. The molecular formula is C20H18NO5S-. The number of aromatic carboxylic acids is 1. The quantitative estimate of drug-likeness (QED) is 0.745. The molecule has 1 atom stereocenters. The molecule has 1 aliphatic carbocycles. The Kier molecular flexibility index (Phi) is 4.19. The van der Waals surface area contributed by atoms with Gasteiger partial charge in [-0.2, -0.15) is 0 Å². The summed E-state index contributed by atoms with van der Waals surface area (Å²) in [4.78, 5) is 10.8. The molecule has 0 saturated heterocycles. The molecular weight excluding hydrogens is 366 g/mol. The first kappa shape index (κ1) is 17.6. The average molecular weight is 384 g/mol. The number of benzene rings is 2. The molecule has 27 heavy (non-hydrogen) atoms. The maximum Gasteiger partial charge on any atom is 0.261 e. The van der Waals surface area contributed by atoms with Crippen molar-refractivity contribution in [2.45, 2.75) is 37.0 Å². The summed E-state index contributed by atoms with van der Waals surface area (Å²) in [6.07, 6.45) is 3.08. The molecule has 0 saturated carbocycles. The molecule has 6 nitrogen and oxygen atoms in total. The first-order chi connectivity index (χ1) is 12.8. The number of rotatable bonds is 4. The van der Waals surface area contributed by atoms with Crippen LogP contribution in [0.3, 0.4) is 0 Å². The number of anilines is 1. The molecule has 1 heterocycles. The van der Waals surface area contributed by atoms with Crippen molar-refractivity contribution < 1.29 is 22.7 Å². The molecule has 1 aliphatic rings. The summed E-state index contributed by atoms with van der Waals surface area (Å²) < 4.78 is 33.7. The minimum Gasteiger partial charge on any atom is -0.545 e. The lowest BCUT2D eigenvalue weighted by atomic mass is 9.87. The number of hydrogen-bond donors (Lipinski definition) is 1. The number of sulfonamides is 1. The summed E-state index contributed by atoms with van der Waals surface area (Å²) >= 11 is 0. The molecule has 140 valence electrons. The molecule has 2 aromatic carbocycles. The fraction of sp³-hybridized carbons (Fsp3) is 0.250. The Hall–Kier alpha value is -2.80. The summed E-state index contributed by atoms with van der Waals surface area (Å²) in [5, 5.41) is 11.7. The van der Waals surface area contributed by atoms with E-state index in [9.17, 15) is 18.3 Å². The standard InChI is InChI=1S/C20H19NO5S/c1-12-3-2-4-18-19(12)16-11-14(7-10-17(16)26-18)21-27(24,25)15-8-5-13(6-9-15)20(22)23/h5-12,21H,2-4H2,1H3,(H,22,23)/p-1/t12-/m0/s1. The van der Waals surface area contributed by atoms with Crippen LogP contribution < -0.4 is 9.83 Å².